The van der Waals surface area contributed by atoms with Crippen LogP contribution in [0.3, 0.4) is 0 Å². The van der Waals surface area contributed by atoms with Crippen LogP contribution in [0.15, 0.2) is 23.3 Å². The predicted molar refractivity (Wildman–Crippen MR) is 85.4 cm³/mol. The number of hydrogen-bond acceptors (Lipinski definition) is 3. The zero-order valence-electron chi connectivity index (χ0n) is 13.1. The van der Waals surface area contributed by atoms with Crippen molar-refractivity contribution in [3.8, 4) is 5.88 Å². The highest BCUT2D eigenvalue weighted by molar-refractivity contribution is 5.77. The first-order chi connectivity index (χ1) is 10.2. The van der Waals surface area contributed by atoms with Gasteiger partial charge in [-0.3, -0.25) is 0 Å². The van der Waals surface area contributed by atoms with Crippen molar-refractivity contribution < 1.29 is 4.74 Å². The molecule has 1 aromatic heterocycles. The van der Waals surface area contributed by atoms with Crippen LogP contribution in [0.2, 0.25) is 0 Å². The van der Waals surface area contributed by atoms with Crippen LogP contribution in [-0.4, -0.2) is 35.0 Å². The summed E-state index contributed by atoms with van der Waals surface area (Å²) in [5, 5.41) is 0. The number of guanidine groups is 1. The van der Waals surface area contributed by atoms with Crippen molar-refractivity contribution in [2.24, 2.45) is 10.7 Å². The second-order valence-corrected chi connectivity index (χ2v) is 5.37. The number of pyridine rings is 1. The minimum Gasteiger partial charge on any atom is -0.474 e. The summed E-state index contributed by atoms with van der Waals surface area (Å²) in [7, 11) is 0. The van der Waals surface area contributed by atoms with Crippen molar-refractivity contribution in [2.45, 2.75) is 52.2 Å². The molecule has 0 saturated heterocycles. The summed E-state index contributed by atoms with van der Waals surface area (Å²) in [6, 6.07) is 3.93. The average Bonchev–Trinajstić information content (AvgIpc) is 3.00. The first-order valence-electron chi connectivity index (χ1n) is 7.89. The largest absolute Gasteiger partial charge is 0.474 e. The lowest BCUT2D eigenvalue weighted by molar-refractivity contribution is 0.201. The molecule has 21 heavy (non-hydrogen) atoms. The van der Waals surface area contributed by atoms with E-state index < -0.39 is 0 Å². The molecule has 0 spiro atoms. The maximum absolute atomic E-state index is 5.99. The first-order valence-corrected chi connectivity index (χ1v) is 7.89. The number of nitrogens with zero attached hydrogens (tertiary/aromatic N) is 3. The van der Waals surface area contributed by atoms with Crippen LogP contribution in [-0.2, 0) is 6.54 Å². The fourth-order valence-electron chi connectivity index (χ4n) is 2.61. The smallest absolute Gasteiger partial charge is 0.213 e. The van der Waals surface area contributed by atoms with Crippen molar-refractivity contribution in [2.75, 3.05) is 13.1 Å². The van der Waals surface area contributed by atoms with Gasteiger partial charge in [-0.05, 0) is 51.2 Å². The van der Waals surface area contributed by atoms with E-state index in [-0.39, 0.29) is 0 Å². The lowest BCUT2D eigenvalue weighted by atomic mass is 10.2. The van der Waals surface area contributed by atoms with E-state index in [9.17, 15) is 0 Å². The molecule has 5 heteroatoms. The molecule has 0 aliphatic heterocycles. The van der Waals surface area contributed by atoms with Gasteiger partial charge in [0.25, 0.3) is 0 Å². The van der Waals surface area contributed by atoms with Gasteiger partial charge in [0.2, 0.25) is 5.88 Å². The van der Waals surface area contributed by atoms with E-state index in [2.05, 4.69) is 23.8 Å². The summed E-state index contributed by atoms with van der Waals surface area (Å²) in [5.41, 5.74) is 7.06. The maximum atomic E-state index is 5.99. The van der Waals surface area contributed by atoms with Gasteiger partial charge < -0.3 is 15.4 Å². The molecule has 2 N–H and O–H groups in total. The number of rotatable bonds is 6. The Labute approximate surface area is 127 Å². The lowest BCUT2D eigenvalue weighted by Gasteiger charge is -2.19. The molecule has 0 unspecified atom stereocenters. The Bertz CT molecular complexity index is 465. The van der Waals surface area contributed by atoms with Gasteiger partial charge in [0.15, 0.2) is 5.96 Å². The van der Waals surface area contributed by atoms with E-state index in [4.69, 9.17) is 10.5 Å². The standard InChI is InChI=1S/C16H26N4O/c1-3-20(4-2)16(17)19-12-13-9-10-18-15(11-13)21-14-7-5-6-8-14/h9-11,14H,3-8,12H2,1-2H3,(H2,17,19). The molecule has 1 aliphatic carbocycles. The Morgan fingerprint density at radius 3 is 2.76 bits per heavy atom. The third kappa shape index (κ3) is 4.62. The minimum atomic E-state index is 0.331. The Morgan fingerprint density at radius 2 is 2.10 bits per heavy atom. The van der Waals surface area contributed by atoms with Gasteiger partial charge in [0, 0.05) is 25.4 Å². The summed E-state index contributed by atoms with van der Waals surface area (Å²) in [5.74, 6) is 1.30. The van der Waals surface area contributed by atoms with Crippen molar-refractivity contribution in [3.63, 3.8) is 0 Å². The maximum Gasteiger partial charge on any atom is 0.213 e. The zero-order valence-corrected chi connectivity index (χ0v) is 13.1. The average molecular weight is 290 g/mol. The number of aromatic nitrogens is 1. The van der Waals surface area contributed by atoms with Crippen molar-refractivity contribution in [1.29, 1.82) is 0 Å². The fraction of sp³-hybridized carbons (Fsp3) is 0.625. The molecule has 1 fully saturated rings. The molecular formula is C16H26N4O. The molecule has 0 aromatic carbocycles. The first kappa shape index (κ1) is 15.6. The summed E-state index contributed by atoms with van der Waals surface area (Å²) in [6.45, 7) is 6.46. The van der Waals surface area contributed by atoms with Crippen LogP contribution < -0.4 is 10.5 Å². The van der Waals surface area contributed by atoms with E-state index in [1.807, 2.05) is 17.0 Å². The van der Waals surface area contributed by atoms with Crippen LogP contribution in [0.5, 0.6) is 5.88 Å². The molecule has 0 radical (unpaired) electrons. The third-order valence-electron chi connectivity index (χ3n) is 3.90. The monoisotopic (exact) mass is 290 g/mol. The molecule has 0 bridgehead atoms. The predicted octanol–water partition coefficient (Wildman–Crippen LogP) is 2.56. The fourth-order valence-corrected chi connectivity index (χ4v) is 2.61. The molecule has 1 aliphatic rings. The molecule has 0 amide bonds. The molecular weight excluding hydrogens is 264 g/mol. The molecule has 0 atom stereocenters. The summed E-state index contributed by atoms with van der Waals surface area (Å²) >= 11 is 0. The molecule has 5 nitrogen and oxygen atoms in total. The van der Waals surface area contributed by atoms with Gasteiger partial charge in [-0.1, -0.05) is 0 Å². The van der Waals surface area contributed by atoms with Crippen molar-refractivity contribution in [1.82, 2.24) is 9.88 Å². The van der Waals surface area contributed by atoms with Crippen molar-refractivity contribution in [3.05, 3.63) is 23.9 Å². The topological polar surface area (TPSA) is 63.7 Å². The van der Waals surface area contributed by atoms with Crippen molar-refractivity contribution >= 4 is 5.96 Å². The zero-order chi connectivity index (χ0) is 15.1. The Morgan fingerprint density at radius 1 is 1.38 bits per heavy atom. The molecule has 1 heterocycles. The van der Waals surface area contributed by atoms with E-state index >= 15 is 0 Å². The van der Waals surface area contributed by atoms with E-state index in [0.29, 0.717) is 24.5 Å². The Balaban J connectivity index is 1.95. The normalized spacial score (nSPS) is 16.2. The highest BCUT2D eigenvalue weighted by Crippen LogP contribution is 2.23. The number of nitrogens with two attached hydrogens (primary N) is 1. The van der Waals surface area contributed by atoms with E-state index in [1.54, 1.807) is 6.20 Å². The van der Waals surface area contributed by atoms with E-state index in [1.165, 1.54) is 12.8 Å². The van der Waals surface area contributed by atoms with Crippen LogP contribution in [0, 0.1) is 0 Å². The van der Waals surface area contributed by atoms with Gasteiger partial charge in [0.1, 0.15) is 6.10 Å². The highest BCUT2D eigenvalue weighted by atomic mass is 16.5. The summed E-state index contributed by atoms with van der Waals surface area (Å²) in [4.78, 5) is 10.8. The molecule has 2 rings (SSSR count). The Hall–Kier alpha value is -1.78. The number of ether oxygens (including phenoxy) is 1. The molecule has 1 aromatic rings. The van der Waals surface area contributed by atoms with Gasteiger partial charge in [-0.25, -0.2) is 9.98 Å². The second kappa shape index (κ2) is 7.86. The van der Waals surface area contributed by atoms with Gasteiger partial charge in [-0.2, -0.15) is 0 Å². The van der Waals surface area contributed by atoms with Gasteiger partial charge in [0.05, 0.1) is 6.54 Å². The summed E-state index contributed by atoms with van der Waals surface area (Å²) in [6.07, 6.45) is 6.90. The highest BCUT2D eigenvalue weighted by Gasteiger charge is 2.16. The third-order valence-corrected chi connectivity index (χ3v) is 3.90. The molecule has 1 saturated carbocycles. The lowest BCUT2D eigenvalue weighted by Crippen LogP contribution is -2.37. The molecule has 116 valence electrons. The van der Waals surface area contributed by atoms with Crippen LogP contribution in [0.25, 0.3) is 0 Å². The quantitative estimate of drug-likeness (QED) is 0.646. The number of hydrogen-bond donors (Lipinski definition) is 1. The summed E-state index contributed by atoms with van der Waals surface area (Å²) < 4.78 is 5.91. The van der Waals surface area contributed by atoms with E-state index in [0.717, 1.165) is 31.5 Å². The second-order valence-electron chi connectivity index (χ2n) is 5.37. The van der Waals surface area contributed by atoms with Crippen LogP contribution in [0.1, 0.15) is 45.1 Å². The van der Waals surface area contributed by atoms with Gasteiger partial charge in [-0.15, -0.1) is 0 Å². The number of aliphatic imine (C=N–C) groups is 1. The van der Waals surface area contributed by atoms with Gasteiger partial charge >= 0.3 is 0 Å². The van der Waals surface area contributed by atoms with Crippen LogP contribution >= 0.6 is 0 Å². The minimum absolute atomic E-state index is 0.331. The van der Waals surface area contributed by atoms with Crippen LogP contribution in [0.4, 0.5) is 0 Å². The Kier molecular flexibility index (Phi) is 5.84. The SMILES string of the molecule is CCN(CC)C(N)=NCc1ccnc(OC2CCCC2)c1.